The summed E-state index contributed by atoms with van der Waals surface area (Å²) < 4.78 is 1.95. The third-order valence-electron chi connectivity index (χ3n) is 5.49. The van der Waals surface area contributed by atoms with Gasteiger partial charge in [0.15, 0.2) is 0 Å². The summed E-state index contributed by atoms with van der Waals surface area (Å²) in [6.07, 6.45) is 8.02. The highest BCUT2D eigenvalue weighted by molar-refractivity contribution is 5.82. The molecule has 2 fully saturated rings. The van der Waals surface area contributed by atoms with Crippen LogP contribution in [0.2, 0.25) is 0 Å². The molecule has 4 unspecified atom stereocenters. The molecule has 2 N–H and O–H groups in total. The minimum Gasteiger partial charge on any atom is -0.350 e. The van der Waals surface area contributed by atoms with E-state index in [2.05, 4.69) is 20.7 Å². The predicted octanol–water partition coefficient (Wildman–Crippen LogP) is 0.938. The van der Waals surface area contributed by atoms with Crippen LogP contribution in [0.15, 0.2) is 0 Å². The van der Waals surface area contributed by atoms with Crippen LogP contribution in [0.5, 0.6) is 0 Å². The van der Waals surface area contributed by atoms with Gasteiger partial charge in [0.05, 0.1) is 12.6 Å². The van der Waals surface area contributed by atoms with Gasteiger partial charge in [0, 0.05) is 18.5 Å². The molecule has 1 saturated heterocycles. The summed E-state index contributed by atoms with van der Waals surface area (Å²) in [5.74, 6) is 2.76. The molecular formula is C16H25N5O. The molecule has 3 heterocycles. The number of nitrogens with zero attached hydrogens (tertiary/aromatic N) is 3. The molecule has 0 bridgehead atoms. The van der Waals surface area contributed by atoms with E-state index >= 15 is 0 Å². The lowest BCUT2D eigenvalue weighted by molar-refractivity contribution is -0.123. The number of hydrogen-bond acceptors (Lipinski definition) is 4. The highest BCUT2D eigenvalue weighted by Crippen LogP contribution is 2.33. The van der Waals surface area contributed by atoms with Crippen LogP contribution in [0.1, 0.15) is 50.2 Å². The second-order valence-electron chi connectivity index (χ2n) is 7.11. The van der Waals surface area contributed by atoms with E-state index < -0.39 is 0 Å². The highest BCUT2D eigenvalue weighted by atomic mass is 16.2. The fourth-order valence-corrected chi connectivity index (χ4v) is 4.37. The summed E-state index contributed by atoms with van der Waals surface area (Å²) in [5.41, 5.74) is 0. The first kappa shape index (κ1) is 14.2. The zero-order valence-electron chi connectivity index (χ0n) is 13.2. The normalized spacial score (nSPS) is 34.0. The molecule has 6 heteroatoms. The quantitative estimate of drug-likeness (QED) is 0.853. The molecule has 1 aliphatic carbocycles. The average molecular weight is 303 g/mol. The highest BCUT2D eigenvalue weighted by Gasteiger charge is 2.38. The summed E-state index contributed by atoms with van der Waals surface area (Å²) in [6, 6.07) is 0.762. The van der Waals surface area contributed by atoms with Crippen molar-refractivity contribution in [2.24, 2.45) is 5.92 Å². The lowest BCUT2D eigenvalue weighted by Gasteiger charge is -2.25. The Morgan fingerprint density at radius 3 is 3.05 bits per heavy atom. The Balaban J connectivity index is 1.35. The number of aryl methyl sites for hydroxylation is 2. The van der Waals surface area contributed by atoms with Gasteiger partial charge in [-0.05, 0) is 38.5 Å². The Morgan fingerprint density at radius 1 is 1.32 bits per heavy atom. The zero-order valence-corrected chi connectivity index (χ0v) is 13.2. The minimum absolute atomic E-state index is 0.00646. The van der Waals surface area contributed by atoms with Crippen LogP contribution in [0, 0.1) is 12.8 Å². The van der Waals surface area contributed by atoms with Gasteiger partial charge in [0.25, 0.3) is 0 Å². The molecule has 0 spiro atoms. The van der Waals surface area contributed by atoms with Crippen molar-refractivity contribution < 1.29 is 4.79 Å². The second kappa shape index (κ2) is 5.65. The van der Waals surface area contributed by atoms with Gasteiger partial charge >= 0.3 is 0 Å². The summed E-state index contributed by atoms with van der Waals surface area (Å²) in [7, 11) is 0. The first-order valence-electron chi connectivity index (χ1n) is 8.66. The molecule has 0 aromatic carbocycles. The molecule has 1 aromatic heterocycles. The predicted molar refractivity (Wildman–Crippen MR) is 82.3 cm³/mol. The van der Waals surface area contributed by atoms with E-state index in [-0.39, 0.29) is 18.0 Å². The number of amides is 1. The van der Waals surface area contributed by atoms with Gasteiger partial charge in [-0.15, -0.1) is 0 Å². The van der Waals surface area contributed by atoms with Crippen molar-refractivity contribution in [3.8, 4) is 0 Å². The van der Waals surface area contributed by atoms with Crippen molar-refractivity contribution in [1.29, 1.82) is 0 Å². The maximum absolute atomic E-state index is 12.6. The fraction of sp³-hybridized carbons (Fsp3) is 0.812. The Morgan fingerprint density at radius 2 is 2.18 bits per heavy atom. The number of aromatic nitrogens is 3. The van der Waals surface area contributed by atoms with Gasteiger partial charge in [-0.25, -0.2) is 9.67 Å². The molecule has 120 valence electrons. The maximum Gasteiger partial charge on any atom is 0.237 e. The first-order chi connectivity index (χ1) is 10.7. The van der Waals surface area contributed by atoms with Gasteiger partial charge in [-0.1, -0.05) is 12.8 Å². The van der Waals surface area contributed by atoms with Crippen molar-refractivity contribution in [2.75, 3.05) is 0 Å². The largest absolute Gasteiger partial charge is 0.350 e. The number of carbonyl (C=O) groups is 1. The van der Waals surface area contributed by atoms with Gasteiger partial charge in [0.1, 0.15) is 11.6 Å². The van der Waals surface area contributed by atoms with Crippen LogP contribution in [0.25, 0.3) is 0 Å². The van der Waals surface area contributed by atoms with Crippen molar-refractivity contribution in [3.05, 3.63) is 11.6 Å². The number of carbonyl (C=O) groups excluding carboxylic acids is 1. The Hall–Kier alpha value is -1.43. The van der Waals surface area contributed by atoms with Crippen LogP contribution < -0.4 is 10.6 Å². The van der Waals surface area contributed by atoms with Crippen LogP contribution in [0.3, 0.4) is 0 Å². The number of rotatable bonds is 2. The number of fused-ring (bicyclic) bond motifs is 2. The third kappa shape index (κ3) is 2.64. The Kier molecular flexibility index (Phi) is 3.64. The Bertz CT molecular complexity index is 555. The molecule has 6 nitrogen and oxygen atoms in total. The maximum atomic E-state index is 12.6. The van der Waals surface area contributed by atoms with Gasteiger partial charge < -0.3 is 10.6 Å². The molecule has 22 heavy (non-hydrogen) atoms. The molecule has 1 aromatic rings. The van der Waals surface area contributed by atoms with Crippen LogP contribution in [0.4, 0.5) is 0 Å². The number of hydrogen-bond donors (Lipinski definition) is 2. The SMILES string of the molecule is Cc1nc2n(n1)CC(NC(=O)C1CC3CCCCC3N1)CC2. The fourth-order valence-electron chi connectivity index (χ4n) is 4.37. The monoisotopic (exact) mass is 303 g/mol. The molecule has 2 aliphatic heterocycles. The molecule has 1 saturated carbocycles. The Labute approximate surface area is 131 Å². The molecular weight excluding hydrogens is 278 g/mol. The van der Waals surface area contributed by atoms with Crippen molar-refractivity contribution >= 4 is 5.91 Å². The third-order valence-corrected chi connectivity index (χ3v) is 5.49. The van der Waals surface area contributed by atoms with Crippen LogP contribution in [-0.2, 0) is 17.8 Å². The molecule has 1 amide bonds. The summed E-state index contributed by atoms with van der Waals surface area (Å²) >= 11 is 0. The average Bonchev–Trinajstić information content (AvgIpc) is 3.08. The number of nitrogens with one attached hydrogen (secondary N) is 2. The summed E-state index contributed by atoms with van der Waals surface area (Å²) in [4.78, 5) is 17.0. The van der Waals surface area contributed by atoms with E-state index in [1.54, 1.807) is 0 Å². The van der Waals surface area contributed by atoms with E-state index in [9.17, 15) is 4.79 Å². The topological polar surface area (TPSA) is 71.8 Å². The zero-order chi connectivity index (χ0) is 15.1. The van der Waals surface area contributed by atoms with Crippen molar-refractivity contribution in [2.45, 2.75) is 76.5 Å². The van der Waals surface area contributed by atoms with Gasteiger partial charge in [-0.3, -0.25) is 4.79 Å². The van der Waals surface area contributed by atoms with Crippen molar-refractivity contribution in [1.82, 2.24) is 25.4 Å². The summed E-state index contributed by atoms with van der Waals surface area (Å²) in [5, 5.41) is 11.2. The minimum atomic E-state index is 0.00646. The first-order valence-corrected chi connectivity index (χ1v) is 8.66. The lowest BCUT2D eigenvalue weighted by Crippen LogP contribution is -2.49. The lowest BCUT2D eigenvalue weighted by atomic mass is 9.85. The summed E-state index contributed by atoms with van der Waals surface area (Å²) in [6.45, 7) is 2.67. The molecule has 0 radical (unpaired) electrons. The van der Waals surface area contributed by atoms with E-state index in [0.717, 1.165) is 37.5 Å². The van der Waals surface area contributed by atoms with Gasteiger partial charge in [-0.2, -0.15) is 5.10 Å². The molecule has 3 aliphatic rings. The van der Waals surface area contributed by atoms with Crippen molar-refractivity contribution in [3.63, 3.8) is 0 Å². The second-order valence-corrected chi connectivity index (χ2v) is 7.11. The standard InChI is InChI=1S/C16H25N5O/c1-10-17-15-7-6-12(9-21(15)20-10)18-16(22)14-8-11-4-2-3-5-13(11)19-14/h11-14,19H,2-9H2,1H3,(H,18,22). The van der Waals surface area contributed by atoms with E-state index in [0.29, 0.717) is 12.0 Å². The van der Waals surface area contributed by atoms with Gasteiger partial charge in [0.2, 0.25) is 5.91 Å². The van der Waals surface area contributed by atoms with E-state index in [1.807, 2.05) is 11.6 Å². The molecule has 4 rings (SSSR count). The van der Waals surface area contributed by atoms with E-state index in [1.165, 1.54) is 25.7 Å². The molecule has 4 atom stereocenters. The van der Waals surface area contributed by atoms with E-state index in [4.69, 9.17) is 0 Å². The smallest absolute Gasteiger partial charge is 0.237 e. The van der Waals surface area contributed by atoms with Crippen LogP contribution in [-0.4, -0.2) is 38.8 Å². The van der Waals surface area contributed by atoms with Crippen LogP contribution >= 0.6 is 0 Å².